The van der Waals surface area contributed by atoms with Crippen molar-refractivity contribution >= 4 is 70.9 Å². The number of carbonyl (C=O) groups is 12. The monoisotopic (exact) mass is 1490 g/mol. The van der Waals surface area contributed by atoms with Crippen LogP contribution in [0.3, 0.4) is 0 Å². The van der Waals surface area contributed by atoms with Gasteiger partial charge in [-0.3, -0.25) is 57.5 Å². The largest absolute Gasteiger partial charge is 0.422 e. The fourth-order valence-electron chi connectivity index (χ4n) is 14.6. The molecule has 580 valence electrons. The Kier molecular flexibility index (Phi) is 28.3. The highest BCUT2D eigenvalue weighted by Gasteiger charge is 2.54. The highest BCUT2D eigenvalue weighted by molar-refractivity contribution is 6.01. The van der Waals surface area contributed by atoms with E-state index in [4.69, 9.17) is 4.74 Å². The van der Waals surface area contributed by atoms with Crippen molar-refractivity contribution in [3.05, 3.63) is 82.4 Å². The molecule has 10 atom stereocenters. The molecule has 2 aliphatic carbocycles. The molecule has 2 saturated heterocycles. The van der Waals surface area contributed by atoms with Crippen LogP contribution >= 0.6 is 0 Å². The van der Waals surface area contributed by atoms with Crippen molar-refractivity contribution in [2.24, 2.45) is 11.8 Å². The van der Waals surface area contributed by atoms with Crippen molar-refractivity contribution in [1.82, 2.24) is 60.5 Å². The molecule has 0 aromatic heterocycles. The molecule has 2 saturated carbocycles. The lowest BCUT2D eigenvalue weighted by molar-refractivity contribution is -0.157. The summed E-state index contributed by atoms with van der Waals surface area (Å²) in [6.45, 7) is 4.39. The third kappa shape index (κ3) is 19.8. The number of halogens is 8. The summed E-state index contributed by atoms with van der Waals surface area (Å²) in [4.78, 5) is 187. The zero-order valence-electron chi connectivity index (χ0n) is 61.2. The molecule has 4 N–H and O–H groups in total. The Labute approximate surface area is 605 Å². The van der Waals surface area contributed by atoms with Gasteiger partial charge in [-0.15, -0.1) is 0 Å². The Hall–Kier alpha value is -8.78. The Morgan fingerprint density at radius 3 is 1.90 bits per heavy atom. The van der Waals surface area contributed by atoms with Gasteiger partial charge in [0.2, 0.25) is 70.9 Å². The molecule has 2 aromatic rings. The second-order valence-electron chi connectivity index (χ2n) is 28.3. The molecule has 12 amide bonds. The van der Waals surface area contributed by atoms with Crippen molar-refractivity contribution in [2.75, 3.05) is 82.1 Å². The van der Waals surface area contributed by atoms with Gasteiger partial charge in [0.25, 0.3) is 0 Å². The predicted molar refractivity (Wildman–Crippen MR) is 365 cm³/mol. The van der Waals surface area contributed by atoms with Gasteiger partial charge in [0.15, 0.2) is 0 Å². The van der Waals surface area contributed by atoms with Crippen LogP contribution in [-0.4, -0.2) is 252 Å². The maximum atomic E-state index is 15.4. The highest BCUT2D eigenvalue weighted by Crippen LogP contribution is 2.40. The van der Waals surface area contributed by atoms with E-state index in [1.807, 2.05) is 0 Å². The maximum absolute atomic E-state index is 15.4. The zero-order chi connectivity index (χ0) is 77.9. The summed E-state index contributed by atoms with van der Waals surface area (Å²) in [5, 5.41) is 10.7. The molecule has 7 rings (SSSR count). The number of nitrogens with zero attached hydrogens (tertiary/aromatic N) is 8. The standard InChI is InChI=1S/C72H98F8N12O13/c1-12-41(4)59-63(98)81-38-57(95)88(9)51-23-16-15-19-32-91(67(51)102)54(35-42-24-27-45(28-25-42)71(75,76)77)66(101)86(7)40-55(93)82-49(29-26-43-33-47(73)58(48(74)34-43)72(78,79)80)64(99)92-39-46(105-14-3)36-52(92)62(97)84-70(30-20-31-70)69(104)90(11)60(44-21-17-18-22-44)68(103)89(10)53(65(100)85(5)6)37-56(94)87(8)50(13-2)61(96)83-59/h15-16,24-25,27-28,33-34,41,44,46,49-54,59-60H,12-14,17-23,26,29-32,35-40H2,1-11H3,(H,81,98)(H,82,93)(H,83,96)(H,84,97)/b16-15-/t41-,46+,49+,50-,51-,52-,53-,54-,59-,60-/m0/s1. The molecule has 2 bridgehead atoms. The molecule has 3 heterocycles. The van der Waals surface area contributed by atoms with Crippen molar-refractivity contribution in [2.45, 2.75) is 203 Å². The van der Waals surface area contributed by atoms with Gasteiger partial charge in [-0.2, -0.15) is 26.3 Å². The lowest BCUT2D eigenvalue weighted by atomic mass is 9.74. The topological polar surface area (TPSA) is 288 Å². The predicted octanol–water partition coefficient (Wildman–Crippen LogP) is 4.76. The van der Waals surface area contributed by atoms with Crippen LogP contribution in [0.2, 0.25) is 0 Å². The number of ether oxygens (including phenoxy) is 1. The van der Waals surface area contributed by atoms with Crippen molar-refractivity contribution in [3.8, 4) is 0 Å². The van der Waals surface area contributed by atoms with Crippen molar-refractivity contribution in [1.29, 1.82) is 0 Å². The summed E-state index contributed by atoms with van der Waals surface area (Å²) >= 11 is 0. The number of benzene rings is 2. The van der Waals surface area contributed by atoms with Crippen molar-refractivity contribution < 1.29 is 97.4 Å². The average Bonchev–Trinajstić information content (AvgIpc) is 1.66. The number of nitrogens with one attached hydrogen (secondary N) is 4. The van der Waals surface area contributed by atoms with Gasteiger partial charge in [0.1, 0.15) is 71.1 Å². The number of aryl methyl sites for hydroxylation is 1. The molecule has 33 heteroatoms. The van der Waals surface area contributed by atoms with E-state index in [0.717, 1.165) is 60.7 Å². The first-order chi connectivity index (χ1) is 49.3. The van der Waals surface area contributed by atoms with E-state index in [2.05, 4.69) is 21.3 Å². The summed E-state index contributed by atoms with van der Waals surface area (Å²) in [7, 11) is 9.26. The van der Waals surface area contributed by atoms with Crippen LogP contribution in [0.5, 0.6) is 0 Å². The lowest BCUT2D eigenvalue weighted by Crippen LogP contribution is -2.68. The van der Waals surface area contributed by atoms with Crippen LogP contribution < -0.4 is 21.3 Å². The van der Waals surface area contributed by atoms with Crippen LogP contribution in [0.25, 0.3) is 0 Å². The van der Waals surface area contributed by atoms with E-state index < -0.39 is 222 Å². The minimum Gasteiger partial charge on any atom is -0.377 e. The molecule has 0 unspecified atom stereocenters. The first-order valence-electron chi connectivity index (χ1n) is 35.6. The summed E-state index contributed by atoms with van der Waals surface area (Å²) in [6, 6.07) is -7.33. The van der Waals surface area contributed by atoms with Crippen LogP contribution in [0, 0.1) is 23.5 Å². The molecular formula is C72H98F8N12O13. The van der Waals surface area contributed by atoms with E-state index in [1.165, 1.54) is 52.1 Å². The minimum absolute atomic E-state index is 0.0185. The van der Waals surface area contributed by atoms with Crippen LogP contribution in [0.4, 0.5) is 35.1 Å². The molecule has 4 fully saturated rings. The van der Waals surface area contributed by atoms with Gasteiger partial charge in [-0.1, -0.05) is 64.3 Å². The Morgan fingerprint density at radius 1 is 0.695 bits per heavy atom. The van der Waals surface area contributed by atoms with E-state index in [0.29, 0.717) is 50.7 Å². The van der Waals surface area contributed by atoms with Gasteiger partial charge < -0.3 is 65.2 Å². The van der Waals surface area contributed by atoms with Gasteiger partial charge >= 0.3 is 12.4 Å². The second kappa shape index (κ2) is 35.5. The summed E-state index contributed by atoms with van der Waals surface area (Å²) in [6.07, 6.45) is -7.53. The molecule has 2 aromatic carbocycles. The highest BCUT2D eigenvalue weighted by atomic mass is 19.4. The van der Waals surface area contributed by atoms with Gasteiger partial charge in [0.05, 0.1) is 31.2 Å². The number of alkyl halides is 6. The first kappa shape index (κ1) is 83.5. The number of hydrogen-bond donors (Lipinski definition) is 4. The van der Waals surface area contributed by atoms with E-state index in [1.54, 1.807) is 39.8 Å². The molecule has 0 radical (unpaired) electrons. The van der Waals surface area contributed by atoms with Crippen LogP contribution in [0.1, 0.15) is 140 Å². The normalized spacial score (nSPS) is 26.3. The van der Waals surface area contributed by atoms with Crippen LogP contribution in [-0.2, 0) is 87.5 Å². The number of hydrogen-bond acceptors (Lipinski definition) is 13. The van der Waals surface area contributed by atoms with Gasteiger partial charge in [-0.25, -0.2) is 8.78 Å². The fourth-order valence-corrected chi connectivity index (χ4v) is 14.6. The third-order valence-electron chi connectivity index (χ3n) is 21.1. The molecule has 3 aliphatic heterocycles. The summed E-state index contributed by atoms with van der Waals surface area (Å²) in [5.41, 5.74) is -5.25. The van der Waals surface area contributed by atoms with E-state index in [-0.39, 0.29) is 63.8 Å². The first-order valence-corrected chi connectivity index (χ1v) is 35.6. The molecular weight excluding hydrogens is 1390 g/mol. The smallest absolute Gasteiger partial charge is 0.377 e. The summed E-state index contributed by atoms with van der Waals surface area (Å²) in [5.74, 6) is -15.3. The minimum atomic E-state index is -5.46. The van der Waals surface area contributed by atoms with E-state index in [9.17, 15) is 55.1 Å². The lowest BCUT2D eigenvalue weighted by Gasteiger charge is -2.46. The molecule has 5 aliphatic rings. The molecule has 1 spiro atoms. The number of likely N-dealkylation sites (N-methyl/N-ethyl adjacent to an activating group) is 6. The Balaban J connectivity index is 1.33. The maximum Gasteiger partial charge on any atom is 0.422 e. The SMILES string of the molecule is CCO[C@@H]1C[C@H]2C(=O)NC3(CCC3)C(=O)N(C)[C@@H](C3CCCC3)C(=O)N(C)[C@H](C(=O)N(C)C)CC(=O)N(C)[C@@H](CC)C(=O)N[C@@H]([C@@H](C)CC)C(=O)NCC(=O)N(C)[C@H]3C/C=C\CCN(C3=O)[C@@H](Cc3ccc(C(F)(F)F)cc3)C(=O)N(C)CC(=O)N[C@H](CCc3cc(F)c(C(F)(F)F)c(F)c3)C(=O)N2C1. The number of fused-ring (bicyclic) bond motifs is 3. The molecule has 25 nitrogen and oxygen atoms in total. The van der Waals surface area contributed by atoms with Crippen molar-refractivity contribution in [3.63, 3.8) is 0 Å². The summed E-state index contributed by atoms with van der Waals surface area (Å²) < 4.78 is 120. The third-order valence-corrected chi connectivity index (χ3v) is 21.1. The number of rotatable bonds is 12. The number of amides is 12. The second-order valence-corrected chi connectivity index (χ2v) is 28.3. The Bertz CT molecular complexity index is 3550. The van der Waals surface area contributed by atoms with E-state index >= 15 is 37.5 Å². The average molecular weight is 1490 g/mol. The quantitative estimate of drug-likeness (QED) is 0.165. The number of carbonyl (C=O) groups excluding carboxylic acids is 12. The Morgan fingerprint density at radius 2 is 1.33 bits per heavy atom. The van der Waals surface area contributed by atoms with Gasteiger partial charge in [-0.05, 0) is 118 Å². The zero-order valence-corrected chi connectivity index (χ0v) is 61.2. The molecule has 105 heavy (non-hydrogen) atoms. The van der Waals surface area contributed by atoms with Crippen LogP contribution in [0.15, 0.2) is 48.6 Å². The fraction of sp³-hybridized carbons (Fsp3) is 0.639. The van der Waals surface area contributed by atoms with Gasteiger partial charge in [0, 0.05) is 81.9 Å².